The molecule has 1 amide bonds. The molecule has 20 heavy (non-hydrogen) atoms. The number of pyridine rings is 1. The quantitative estimate of drug-likeness (QED) is 0.925. The van der Waals surface area contributed by atoms with Gasteiger partial charge in [0, 0.05) is 12.4 Å². The van der Waals surface area contributed by atoms with E-state index in [1.807, 2.05) is 36.4 Å². The van der Waals surface area contributed by atoms with Gasteiger partial charge in [0.2, 0.25) is 0 Å². The molecule has 102 valence electrons. The number of nitrogens with zero attached hydrogens (tertiary/aromatic N) is 1. The Kier molecular flexibility index (Phi) is 3.50. The molecule has 5 nitrogen and oxygen atoms in total. The second kappa shape index (κ2) is 5.61. The lowest BCUT2D eigenvalue weighted by Gasteiger charge is -2.10. The van der Waals surface area contributed by atoms with Crippen LogP contribution in [0.1, 0.15) is 0 Å². The lowest BCUT2D eigenvalue weighted by atomic mass is 10.1. The van der Waals surface area contributed by atoms with Crippen LogP contribution in [0.2, 0.25) is 0 Å². The number of nitrogens with one attached hydrogen (secondary N) is 1. The number of amides is 1. The molecule has 1 fully saturated rings. The highest BCUT2D eigenvalue weighted by molar-refractivity contribution is 5.69. The molecule has 1 atom stereocenters. The molecule has 1 saturated heterocycles. The van der Waals surface area contributed by atoms with Gasteiger partial charge in [0.05, 0.1) is 6.54 Å². The van der Waals surface area contributed by atoms with E-state index in [2.05, 4.69) is 10.3 Å². The highest BCUT2D eigenvalue weighted by Crippen LogP contribution is 2.21. The molecule has 1 aromatic carbocycles. The highest BCUT2D eigenvalue weighted by Gasteiger charge is 2.22. The van der Waals surface area contributed by atoms with Crippen LogP contribution >= 0.6 is 0 Å². The molecular weight excluding hydrogens is 256 g/mol. The van der Waals surface area contributed by atoms with Crippen LogP contribution in [0.4, 0.5) is 4.79 Å². The van der Waals surface area contributed by atoms with Gasteiger partial charge in [-0.2, -0.15) is 0 Å². The summed E-state index contributed by atoms with van der Waals surface area (Å²) in [4.78, 5) is 14.9. The van der Waals surface area contributed by atoms with Gasteiger partial charge in [-0.15, -0.1) is 0 Å². The molecule has 2 heterocycles. The summed E-state index contributed by atoms with van der Waals surface area (Å²) < 4.78 is 10.6. The number of cyclic esters (lactones) is 1. The van der Waals surface area contributed by atoms with Crippen molar-refractivity contribution in [3.8, 4) is 16.9 Å². The fourth-order valence-electron chi connectivity index (χ4n) is 2.00. The number of carbonyl (C=O) groups excluding carboxylic acids is 1. The molecule has 0 saturated carbocycles. The van der Waals surface area contributed by atoms with Crippen molar-refractivity contribution >= 4 is 6.09 Å². The monoisotopic (exact) mass is 270 g/mol. The first kappa shape index (κ1) is 12.5. The molecule has 2 aromatic rings. The third-order valence-corrected chi connectivity index (χ3v) is 3.05. The highest BCUT2D eigenvalue weighted by atomic mass is 16.6. The van der Waals surface area contributed by atoms with E-state index < -0.39 is 0 Å². The molecule has 1 aliphatic heterocycles. The lowest BCUT2D eigenvalue weighted by molar-refractivity contribution is 0.105. The zero-order valence-electron chi connectivity index (χ0n) is 10.8. The Labute approximate surface area is 116 Å². The van der Waals surface area contributed by atoms with Gasteiger partial charge in [-0.3, -0.25) is 4.98 Å². The molecule has 5 heteroatoms. The van der Waals surface area contributed by atoms with E-state index in [0.29, 0.717) is 13.2 Å². The van der Waals surface area contributed by atoms with Crippen LogP contribution in [-0.4, -0.2) is 30.3 Å². The molecular formula is C15H14N2O3. The van der Waals surface area contributed by atoms with Crippen LogP contribution in [0.5, 0.6) is 5.75 Å². The van der Waals surface area contributed by atoms with E-state index >= 15 is 0 Å². The number of alkyl carbamates (subject to hydrolysis) is 1. The van der Waals surface area contributed by atoms with Crippen molar-refractivity contribution in [1.82, 2.24) is 10.3 Å². The normalized spacial score (nSPS) is 17.4. The minimum absolute atomic E-state index is 0.220. The van der Waals surface area contributed by atoms with Gasteiger partial charge >= 0.3 is 6.09 Å². The largest absolute Gasteiger partial charge is 0.490 e. The van der Waals surface area contributed by atoms with Gasteiger partial charge in [-0.1, -0.05) is 12.1 Å². The minimum atomic E-state index is -0.383. The van der Waals surface area contributed by atoms with Crippen LogP contribution in [0, 0.1) is 0 Å². The number of aromatic nitrogens is 1. The Morgan fingerprint density at radius 3 is 2.50 bits per heavy atom. The Morgan fingerprint density at radius 1 is 1.15 bits per heavy atom. The predicted octanol–water partition coefficient (Wildman–Crippen LogP) is 2.24. The van der Waals surface area contributed by atoms with Crippen molar-refractivity contribution in [2.24, 2.45) is 0 Å². The number of hydrogen-bond acceptors (Lipinski definition) is 4. The van der Waals surface area contributed by atoms with E-state index in [1.54, 1.807) is 12.4 Å². The topological polar surface area (TPSA) is 60.5 Å². The molecule has 1 unspecified atom stereocenters. The zero-order valence-corrected chi connectivity index (χ0v) is 10.8. The van der Waals surface area contributed by atoms with Crippen molar-refractivity contribution in [3.63, 3.8) is 0 Å². The standard InChI is InChI=1S/C15H14N2O3/c18-15-17-9-14(20-15)10-19-13-3-1-11(2-4-13)12-5-7-16-8-6-12/h1-8,14H,9-10H2,(H,17,18). The van der Waals surface area contributed by atoms with Crippen molar-refractivity contribution in [1.29, 1.82) is 0 Å². The van der Waals surface area contributed by atoms with E-state index in [0.717, 1.165) is 16.9 Å². The molecule has 3 rings (SSSR count). The van der Waals surface area contributed by atoms with Gasteiger partial charge in [0.25, 0.3) is 0 Å². The number of carbonyl (C=O) groups is 1. The Morgan fingerprint density at radius 2 is 1.85 bits per heavy atom. The summed E-state index contributed by atoms with van der Waals surface area (Å²) in [7, 11) is 0. The molecule has 0 aliphatic carbocycles. The summed E-state index contributed by atoms with van der Waals surface area (Å²) in [5.41, 5.74) is 2.22. The van der Waals surface area contributed by atoms with E-state index in [1.165, 1.54) is 0 Å². The van der Waals surface area contributed by atoms with Crippen LogP contribution in [-0.2, 0) is 4.74 Å². The summed E-state index contributed by atoms with van der Waals surface area (Å²) in [6, 6.07) is 11.7. The molecule has 1 aromatic heterocycles. The molecule has 1 N–H and O–H groups in total. The lowest BCUT2D eigenvalue weighted by Crippen LogP contribution is -2.21. The Bertz CT molecular complexity index is 584. The Balaban J connectivity index is 1.60. The Hall–Kier alpha value is -2.56. The third-order valence-electron chi connectivity index (χ3n) is 3.05. The molecule has 0 bridgehead atoms. The number of benzene rings is 1. The first-order chi connectivity index (χ1) is 9.81. The fourth-order valence-corrected chi connectivity index (χ4v) is 2.00. The average molecular weight is 270 g/mol. The fraction of sp³-hybridized carbons (Fsp3) is 0.200. The average Bonchev–Trinajstić information content (AvgIpc) is 2.92. The van der Waals surface area contributed by atoms with E-state index in [9.17, 15) is 4.79 Å². The summed E-state index contributed by atoms with van der Waals surface area (Å²) >= 11 is 0. The minimum Gasteiger partial charge on any atom is -0.490 e. The third kappa shape index (κ3) is 2.88. The van der Waals surface area contributed by atoms with Gasteiger partial charge in [-0.25, -0.2) is 4.79 Å². The SMILES string of the molecule is O=C1NCC(COc2ccc(-c3ccncc3)cc2)O1. The van der Waals surface area contributed by atoms with Crippen LogP contribution in [0.25, 0.3) is 11.1 Å². The van der Waals surface area contributed by atoms with Crippen molar-refractivity contribution in [2.75, 3.05) is 13.2 Å². The first-order valence-electron chi connectivity index (χ1n) is 6.39. The number of rotatable bonds is 4. The number of ether oxygens (including phenoxy) is 2. The smallest absolute Gasteiger partial charge is 0.407 e. The summed E-state index contributed by atoms with van der Waals surface area (Å²) in [6.45, 7) is 0.848. The molecule has 0 radical (unpaired) electrons. The van der Waals surface area contributed by atoms with Gasteiger partial charge in [0.1, 0.15) is 12.4 Å². The maximum atomic E-state index is 10.9. The van der Waals surface area contributed by atoms with Gasteiger partial charge in [0.15, 0.2) is 6.10 Å². The molecule has 0 spiro atoms. The second-order valence-electron chi connectivity index (χ2n) is 4.48. The second-order valence-corrected chi connectivity index (χ2v) is 4.48. The van der Waals surface area contributed by atoms with Crippen LogP contribution < -0.4 is 10.1 Å². The zero-order chi connectivity index (χ0) is 13.8. The van der Waals surface area contributed by atoms with Gasteiger partial charge in [-0.05, 0) is 35.4 Å². The first-order valence-corrected chi connectivity index (χ1v) is 6.39. The van der Waals surface area contributed by atoms with Crippen LogP contribution in [0.15, 0.2) is 48.8 Å². The summed E-state index contributed by atoms with van der Waals surface area (Å²) in [6.07, 6.45) is 2.93. The summed E-state index contributed by atoms with van der Waals surface area (Å²) in [5.74, 6) is 0.755. The van der Waals surface area contributed by atoms with Crippen molar-refractivity contribution in [3.05, 3.63) is 48.8 Å². The maximum absolute atomic E-state index is 10.9. The van der Waals surface area contributed by atoms with Crippen molar-refractivity contribution < 1.29 is 14.3 Å². The van der Waals surface area contributed by atoms with E-state index in [-0.39, 0.29) is 12.2 Å². The number of hydrogen-bond donors (Lipinski definition) is 1. The van der Waals surface area contributed by atoms with Gasteiger partial charge < -0.3 is 14.8 Å². The summed E-state index contributed by atoms with van der Waals surface area (Å²) in [5, 5.41) is 2.59. The van der Waals surface area contributed by atoms with Crippen LogP contribution in [0.3, 0.4) is 0 Å². The van der Waals surface area contributed by atoms with Crippen molar-refractivity contribution in [2.45, 2.75) is 6.10 Å². The maximum Gasteiger partial charge on any atom is 0.407 e. The molecule has 1 aliphatic rings. The van der Waals surface area contributed by atoms with E-state index in [4.69, 9.17) is 9.47 Å². The predicted molar refractivity (Wildman–Crippen MR) is 73.4 cm³/mol.